The Morgan fingerprint density at radius 3 is 1.14 bits per heavy atom. The van der Waals surface area contributed by atoms with Crippen LogP contribution in [0.25, 0.3) is 0 Å². The van der Waals surface area contributed by atoms with Crippen molar-refractivity contribution in [2.24, 2.45) is 0 Å². The molecule has 1 saturated heterocycles. The number of rotatable bonds is 20. The van der Waals surface area contributed by atoms with Crippen LogP contribution in [0.1, 0.15) is 124 Å². The van der Waals surface area contributed by atoms with Crippen molar-refractivity contribution in [2.45, 2.75) is 104 Å². The van der Waals surface area contributed by atoms with Crippen LogP contribution in [-0.2, 0) is 0 Å². The maximum Gasteiger partial charge on any atom is 0.253 e. The Morgan fingerprint density at radius 2 is 0.810 bits per heavy atom. The first-order chi connectivity index (χ1) is 20.6. The van der Waals surface area contributed by atoms with Crippen molar-refractivity contribution < 1.29 is 19.1 Å². The number of carbonyl (C=O) groups excluding carboxylic acids is 2. The van der Waals surface area contributed by atoms with Gasteiger partial charge in [0.1, 0.15) is 11.5 Å². The van der Waals surface area contributed by atoms with Crippen molar-refractivity contribution >= 4 is 11.8 Å². The molecule has 0 spiro atoms. The summed E-state index contributed by atoms with van der Waals surface area (Å²) in [4.78, 5) is 29.8. The van der Waals surface area contributed by atoms with Crippen molar-refractivity contribution in [2.75, 3.05) is 39.4 Å². The number of nitrogens with zero attached hydrogens (tertiary/aromatic N) is 2. The highest BCUT2D eigenvalue weighted by Crippen LogP contribution is 2.18. The largest absolute Gasteiger partial charge is 0.494 e. The number of carbonyl (C=O) groups is 2. The summed E-state index contributed by atoms with van der Waals surface area (Å²) in [7, 11) is 0. The summed E-state index contributed by atoms with van der Waals surface area (Å²) in [6, 6.07) is 14.9. The lowest BCUT2D eigenvalue weighted by Gasteiger charge is -2.35. The van der Waals surface area contributed by atoms with Gasteiger partial charge in [-0.2, -0.15) is 0 Å². The summed E-state index contributed by atoms with van der Waals surface area (Å²) in [5, 5.41) is 0. The Bertz CT molecular complexity index is 930. The van der Waals surface area contributed by atoms with Gasteiger partial charge in [-0.05, 0) is 61.4 Å². The van der Waals surface area contributed by atoms with Crippen LogP contribution in [0.5, 0.6) is 11.5 Å². The van der Waals surface area contributed by atoms with Gasteiger partial charge in [0.15, 0.2) is 0 Å². The first-order valence-corrected chi connectivity index (χ1v) is 16.7. The van der Waals surface area contributed by atoms with Crippen molar-refractivity contribution in [1.82, 2.24) is 9.80 Å². The van der Waals surface area contributed by atoms with Gasteiger partial charge < -0.3 is 19.3 Å². The third kappa shape index (κ3) is 12.1. The molecule has 0 bridgehead atoms. The molecule has 232 valence electrons. The van der Waals surface area contributed by atoms with Crippen LogP contribution < -0.4 is 9.47 Å². The SMILES string of the molecule is CCCCCCCCCOc1ccc(C(=O)N2CCN(C(=O)c3ccc(OCCCCCCCCC)cc3)CC2)cc1. The molecule has 6 heteroatoms. The summed E-state index contributed by atoms with van der Waals surface area (Å²) < 4.78 is 11.7. The van der Waals surface area contributed by atoms with Gasteiger partial charge >= 0.3 is 0 Å². The van der Waals surface area contributed by atoms with Crippen LogP contribution in [0.2, 0.25) is 0 Å². The monoisotopic (exact) mass is 578 g/mol. The van der Waals surface area contributed by atoms with E-state index in [4.69, 9.17) is 9.47 Å². The molecule has 6 nitrogen and oxygen atoms in total. The number of unbranched alkanes of at least 4 members (excludes halogenated alkanes) is 12. The highest BCUT2D eigenvalue weighted by Gasteiger charge is 2.25. The Hall–Kier alpha value is -3.02. The van der Waals surface area contributed by atoms with Crippen molar-refractivity contribution in [3.8, 4) is 11.5 Å². The Balaban J connectivity index is 1.32. The van der Waals surface area contributed by atoms with Crippen LogP contribution in [0.3, 0.4) is 0 Å². The molecule has 1 fully saturated rings. The molecule has 0 saturated carbocycles. The Kier molecular flexibility index (Phi) is 15.9. The van der Waals surface area contributed by atoms with E-state index in [1.807, 2.05) is 58.3 Å². The second kappa shape index (κ2) is 20.0. The van der Waals surface area contributed by atoms with Crippen molar-refractivity contribution in [3.05, 3.63) is 59.7 Å². The Morgan fingerprint density at radius 1 is 0.500 bits per heavy atom. The second-order valence-electron chi connectivity index (χ2n) is 11.6. The van der Waals surface area contributed by atoms with Gasteiger partial charge in [0, 0.05) is 37.3 Å². The first-order valence-electron chi connectivity index (χ1n) is 16.7. The first kappa shape index (κ1) is 33.5. The molecule has 2 aromatic rings. The topological polar surface area (TPSA) is 59.1 Å². The summed E-state index contributed by atoms with van der Waals surface area (Å²) >= 11 is 0. The quantitative estimate of drug-likeness (QED) is 0.148. The second-order valence-corrected chi connectivity index (χ2v) is 11.6. The van der Waals surface area contributed by atoms with Crippen LogP contribution in [0.4, 0.5) is 0 Å². The van der Waals surface area contributed by atoms with E-state index in [2.05, 4.69) is 13.8 Å². The van der Waals surface area contributed by atoms with Gasteiger partial charge in [-0.3, -0.25) is 9.59 Å². The lowest BCUT2D eigenvalue weighted by molar-refractivity contribution is 0.0535. The molecule has 1 aliphatic rings. The molecule has 0 N–H and O–H groups in total. The van der Waals surface area contributed by atoms with Crippen molar-refractivity contribution in [3.63, 3.8) is 0 Å². The molecule has 1 heterocycles. The third-order valence-corrected chi connectivity index (χ3v) is 8.09. The van der Waals surface area contributed by atoms with E-state index in [-0.39, 0.29) is 11.8 Å². The van der Waals surface area contributed by atoms with Gasteiger partial charge in [-0.1, -0.05) is 90.9 Å². The summed E-state index contributed by atoms with van der Waals surface area (Å²) in [6.45, 7) is 8.02. The average Bonchev–Trinajstić information content (AvgIpc) is 3.03. The highest BCUT2D eigenvalue weighted by atomic mass is 16.5. The van der Waals surface area contributed by atoms with Crippen LogP contribution >= 0.6 is 0 Å². The van der Waals surface area contributed by atoms with Gasteiger partial charge in [0.05, 0.1) is 13.2 Å². The number of hydrogen-bond acceptors (Lipinski definition) is 4. The minimum atomic E-state index is 0.00295. The summed E-state index contributed by atoms with van der Waals surface area (Å²) in [5.41, 5.74) is 1.32. The molecular formula is C36H54N2O4. The molecule has 0 aliphatic carbocycles. The third-order valence-electron chi connectivity index (χ3n) is 8.09. The van der Waals surface area contributed by atoms with Crippen LogP contribution in [0, 0.1) is 0 Å². The molecule has 0 radical (unpaired) electrons. The minimum absolute atomic E-state index is 0.00295. The zero-order valence-electron chi connectivity index (χ0n) is 26.3. The number of piperazine rings is 1. The predicted molar refractivity (Wildman–Crippen MR) is 172 cm³/mol. The van der Waals surface area contributed by atoms with E-state index >= 15 is 0 Å². The van der Waals surface area contributed by atoms with Gasteiger partial charge in [0.25, 0.3) is 11.8 Å². The molecule has 0 atom stereocenters. The van der Waals surface area contributed by atoms with E-state index in [9.17, 15) is 9.59 Å². The number of amides is 2. The number of benzene rings is 2. The normalized spacial score (nSPS) is 13.3. The zero-order chi connectivity index (χ0) is 29.8. The molecule has 2 amide bonds. The van der Waals surface area contributed by atoms with Gasteiger partial charge in [0.2, 0.25) is 0 Å². The molecule has 0 unspecified atom stereocenters. The van der Waals surface area contributed by atoms with Gasteiger partial charge in [-0.15, -0.1) is 0 Å². The minimum Gasteiger partial charge on any atom is -0.494 e. The van der Waals surface area contributed by atoms with Gasteiger partial charge in [-0.25, -0.2) is 0 Å². The molecule has 2 aromatic carbocycles. The smallest absolute Gasteiger partial charge is 0.253 e. The highest BCUT2D eigenvalue weighted by molar-refractivity contribution is 5.96. The van der Waals surface area contributed by atoms with E-state index in [0.717, 1.165) is 24.3 Å². The lowest BCUT2D eigenvalue weighted by Crippen LogP contribution is -2.50. The van der Waals surface area contributed by atoms with E-state index < -0.39 is 0 Å². The predicted octanol–water partition coefficient (Wildman–Crippen LogP) is 8.54. The fourth-order valence-electron chi connectivity index (χ4n) is 5.36. The molecule has 0 aromatic heterocycles. The maximum atomic E-state index is 13.1. The van der Waals surface area contributed by atoms with E-state index in [1.54, 1.807) is 0 Å². The summed E-state index contributed by atoms with van der Waals surface area (Å²) in [6.07, 6.45) is 17.6. The van der Waals surface area contributed by atoms with E-state index in [0.29, 0.717) is 50.5 Å². The number of hydrogen-bond donors (Lipinski definition) is 0. The molecule has 1 aliphatic heterocycles. The van der Waals surface area contributed by atoms with Crippen molar-refractivity contribution in [1.29, 1.82) is 0 Å². The van der Waals surface area contributed by atoms with E-state index in [1.165, 1.54) is 77.0 Å². The molecule has 42 heavy (non-hydrogen) atoms. The fraction of sp³-hybridized carbons (Fsp3) is 0.611. The van der Waals surface area contributed by atoms with Crippen LogP contribution in [0.15, 0.2) is 48.5 Å². The lowest BCUT2D eigenvalue weighted by atomic mass is 10.1. The average molecular weight is 579 g/mol. The molecule has 3 rings (SSSR count). The molecular weight excluding hydrogens is 524 g/mol. The number of ether oxygens (including phenoxy) is 2. The standard InChI is InChI=1S/C36H54N2O4/c1-3-5-7-9-11-13-15-29-41-33-21-17-31(18-22-33)35(39)37-25-27-38(28-26-37)36(40)32-19-23-34(24-20-32)42-30-16-14-12-10-8-6-4-2/h17-24H,3-16,25-30H2,1-2H3. The fourth-order valence-corrected chi connectivity index (χ4v) is 5.36. The van der Waals surface area contributed by atoms with Crippen LogP contribution in [-0.4, -0.2) is 61.0 Å². The Labute approximate surface area is 254 Å². The summed E-state index contributed by atoms with van der Waals surface area (Å²) in [5.74, 6) is 1.62. The maximum absolute atomic E-state index is 13.1. The zero-order valence-corrected chi connectivity index (χ0v) is 26.3.